The van der Waals surface area contributed by atoms with Gasteiger partial charge in [-0.3, -0.25) is 0 Å². The fraction of sp³-hybridized carbons (Fsp3) is 0.207. The van der Waals surface area contributed by atoms with Crippen LogP contribution >= 0.6 is 0 Å². The standard InChI is InChI=1S/C29H30O4/c1-3-5-6-27(22-10-7-21(8-11-22)9-20-28(32)33-4-2)29(23-12-16-25(30)17-13-23)24-14-18-26(31)19-15-24/h7-20,30-31H,3-6H2,1-2H3. The fourth-order valence-electron chi connectivity index (χ4n) is 3.69. The number of phenolic OH excluding ortho intramolecular Hbond substituents is 2. The third-order valence-corrected chi connectivity index (χ3v) is 5.35. The smallest absolute Gasteiger partial charge is 0.330 e. The Hall–Kier alpha value is -3.79. The van der Waals surface area contributed by atoms with Crippen LogP contribution in [0.4, 0.5) is 0 Å². The lowest BCUT2D eigenvalue weighted by molar-refractivity contribution is -0.137. The molecule has 170 valence electrons. The molecule has 0 atom stereocenters. The zero-order chi connectivity index (χ0) is 23.6. The first-order valence-corrected chi connectivity index (χ1v) is 11.3. The second-order valence-corrected chi connectivity index (χ2v) is 7.76. The monoisotopic (exact) mass is 442 g/mol. The number of esters is 1. The summed E-state index contributed by atoms with van der Waals surface area (Å²) in [5.41, 5.74) is 6.25. The Bertz CT molecular complexity index is 1060. The Morgan fingerprint density at radius 2 is 1.30 bits per heavy atom. The maximum Gasteiger partial charge on any atom is 0.330 e. The number of rotatable bonds is 9. The van der Waals surface area contributed by atoms with Crippen molar-refractivity contribution in [3.05, 3.63) is 101 Å². The maximum absolute atomic E-state index is 11.6. The van der Waals surface area contributed by atoms with Gasteiger partial charge in [0.1, 0.15) is 11.5 Å². The van der Waals surface area contributed by atoms with Gasteiger partial charge in [0.15, 0.2) is 0 Å². The predicted molar refractivity (Wildman–Crippen MR) is 134 cm³/mol. The number of carbonyl (C=O) groups is 1. The highest BCUT2D eigenvalue weighted by molar-refractivity contribution is 5.99. The van der Waals surface area contributed by atoms with Gasteiger partial charge in [-0.25, -0.2) is 4.79 Å². The van der Waals surface area contributed by atoms with E-state index in [0.717, 1.165) is 47.1 Å². The summed E-state index contributed by atoms with van der Waals surface area (Å²) >= 11 is 0. The lowest BCUT2D eigenvalue weighted by Gasteiger charge is -2.18. The molecule has 2 N–H and O–H groups in total. The van der Waals surface area contributed by atoms with Gasteiger partial charge in [0.2, 0.25) is 0 Å². The second-order valence-electron chi connectivity index (χ2n) is 7.76. The number of allylic oxidation sites excluding steroid dienone is 1. The minimum absolute atomic E-state index is 0.219. The highest BCUT2D eigenvalue weighted by Gasteiger charge is 2.14. The number of aromatic hydroxyl groups is 2. The molecule has 0 amide bonds. The zero-order valence-corrected chi connectivity index (χ0v) is 19.1. The molecule has 0 heterocycles. The first-order chi connectivity index (χ1) is 16.0. The summed E-state index contributed by atoms with van der Waals surface area (Å²) in [4.78, 5) is 11.6. The van der Waals surface area contributed by atoms with E-state index >= 15 is 0 Å². The average molecular weight is 443 g/mol. The van der Waals surface area contributed by atoms with E-state index in [9.17, 15) is 15.0 Å². The van der Waals surface area contributed by atoms with Crippen molar-refractivity contribution in [1.82, 2.24) is 0 Å². The van der Waals surface area contributed by atoms with Crippen molar-refractivity contribution in [2.24, 2.45) is 0 Å². The van der Waals surface area contributed by atoms with Crippen LogP contribution in [0.3, 0.4) is 0 Å². The molecule has 0 aliphatic carbocycles. The molecule has 33 heavy (non-hydrogen) atoms. The quantitative estimate of drug-likeness (QED) is 0.217. The summed E-state index contributed by atoms with van der Waals surface area (Å²) in [5.74, 6) is 0.0837. The number of hydrogen-bond donors (Lipinski definition) is 2. The second kappa shape index (κ2) is 11.7. The van der Waals surface area contributed by atoms with Crippen molar-refractivity contribution in [2.75, 3.05) is 6.61 Å². The average Bonchev–Trinajstić information content (AvgIpc) is 2.83. The molecule has 0 aromatic heterocycles. The van der Waals surface area contributed by atoms with E-state index in [2.05, 4.69) is 19.1 Å². The lowest BCUT2D eigenvalue weighted by Crippen LogP contribution is -1.98. The van der Waals surface area contributed by atoms with Crippen LogP contribution < -0.4 is 0 Å². The molecule has 3 aromatic carbocycles. The summed E-state index contributed by atoms with van der Waals surface area (Å²) in [6, 6.07) is 22.5. The van der Waals surface area contributed by atoms with Gasteiger partial charge in [-0.15, -0.1) is 0 Å². The molecule has 0 saturated heterocycles. The van der Waals surface area contributed by atoms with Crippen molar-refractivity contribution in [3.63, 3.8) is 0 Å². The molecule has 0 aliphatic rings. The molecule has 4 nitrogen and oxygen atoms in total. The lowest BCUT2D eigenvalue weighted by atomic mass is 9.86. The van der Waals surface area contributed by atoms with Gasteiger partial charge in [-0.05, 0) is 83.5 Å². The van der Waals surface area contributed by atoms with Crippen LogP contribution in [0.15, 0.2) is 78.9 Å². The number of unbranched alkanes of at least 4 members (excludes halogenated alkanes) is 1. The predicted octanol–water partition coefficient (Wildman–Crippen LogP) is 6.82. The van der Waals surface area contributed by atoms with Gasteiger partial charge in [-0.2, -0.15) is 0 Å². The highest BCUT2D eigenvalue weighted by atomic mass is 16.5. The van der Waals surface area contributed by atoms with Gasteiger partial charge in [-0.1, -0.05) is 61.9 Å². The van der Waals surface area contributed by atoms with Crippen molar-refractivity contribution >= 4 is 23.2 Å². The number of benzene rings is 3. The third-order valence-electron chi connectivity index (χ3n) is 5.35. The Morgan fingerprint density at radius 1 is 0.788 bits per heavy atom. The van der Waals surface area contributed by atoms with Crippen LogP contribution in [0, 0.1) is 0 Å². The minimum atomic E-state index is -0.355. The molecule has 0 spiro atoms. The summed E-state index contributed by atoms with van der Waals surface area (Å²) in [6.45, 7) is 4.30. The third kappa shape index (κ3) is 6.59. The molecular formula is C29H30O4. The van der Waals surface area contributed by atoms with Gasteiger partial charge in [0.25, 0.3) is 0 Å². The SMILES string of the molecule is CCCCC(=C(c1ccc(O)cc1)c1ccc(O)cc1)c1ccc(C=CC(=O)OCC)cc1. The molecule has 0 bridgehead atoms. The molecule has 3 rings (SSSR count). The molecule has 0 fully saturated rings. The first kappa shape index (κ1) is 23.9. The molecule has 0 saturated carbocycles. The zero-order valence-electron chi connectivity index (χ0n) is 19.1. The van der Waals surface area contributed by atoms with Crippen LogP contribution in [0.1, 0.15) is 55.4 Å². The number of carbonyl (C=O) groups excluding carboxylic acids is 1. The van der Waals surface area contributed by atoms with Gasteiger partial charge < -0.3 is 14.9 Å². The maximum atomic E-state index is 11.6. The largest absolute Gasteiger partial charge is 0.508 e. The van der Waals surface area contributed by atoms with Gasteiger partial charge in [0.05, 0.1) is 6.61 Å². The number of hydrogen-bond acceptors (Lipinski definition) is 4. The van der Waals surface area contributed by atoms with E-state index in [0.29, 0.717) is 6.61 Å². The van der Waals surface area contributed by atoms with E-state index in [1.54, 1.807) is 37.3 Å². The Morgan fingerprint density at radius 3 is 1.79 bits per heavy atom. The Labute approximate surface area is 195 Å². The van der Waals surface area contributed by atoms with Crippen LogP contribution in [0.5, 0.6) is 11.5 Å². The van der Waals surface area contributed by atoms with E-state index in [-0.39, 0.29) is 17.5 Å². The van der Waals surface area contributed by atoms with Crippen molar-refractivity contribution < 1.29 is 19.7 Å². The van der Waals surface area contributed by atoms with Crippen molar-refractivity contribution in [1.29, 1.82) is 0 Å². The van der Waals surface area contributed by atoms with Crippen molar-refractivity contribution in [2.45, 2.75) is 33.1 Å². The number of ether oxygens (including phenoxy) is 1. The fourth-order valence-corrected chi connectivity index (χ4v) is 3.69. The van der Waals surface area contributed by atoms with Gasteiger partial charge in [0, 0.05) is 6.08 Å². The summed E-state index contributed by atoms with van der Waals surface area (Å²) in [5, 5.41) is 19.6. The van der Waals surface area contributed by atoms with E-state index in [1.165, 1.54) is 11.6 Å². The van der Waals surface area contributed by atoms with Crippen LogP contribution in [-0.4, -0.2) is 22.8 Å². The molecule has 0 aliphatic heterocycles. The van der Waals surface area contributed by atoms with E-state index in [1.807, 2.05) is 36.4 Å². The van der Waals surface area contributed by atoms with Crippen LogP contribution in [0.25, 0.3) is 17.2 Å². The summed E-state index contributed by atoms with van der Waals surface area (Å²) in [6.07, 6.45) is 6.15. The van der Waals surface area contributed by atoms with E-state index < -0.39 is 0 Å². The number of phenols is 2. The van der Waals surface area contributed by atoms with Crippen LogP contribution in [0.2, 0.25) is 0 Å². The van der Waals surface area contributed by atoms with Gasteiger partial charge >= 0.3 is 5.97 Å². The first-order valence-electron chi connectivity index (χ1n) is 11.3. The molecule has 0 unspecified atom stereocenters. The summed E-state index contributed by atoms with van der Waals surface area (Å²) < 4.78 is 4.95. The normalized spacial score (nSPS) is 10.8. The van der Waals surface area contributed by atoms with Crippen molar-refractivity contribution in [3.8, 4) is 11.5 Å². The molecule has 3 aromatic rings. The topological polar surface area (TPSA) is 66.8 Å². The van der Waals surface area contributed by atoms with Crippen LogP contribution in [-0.2, 0) is 9.53 Å². The minimum Gasteiger partial charge on any atom is -0.508 e. The Balaban J connectivity index is 2.10. The Kier molecular flexibility index (Phi) is 8.48. The molecule has 4 heteroatoms. The summed E-state index contributed by atoms with van der Waals surface area (Å²) in [7, 11) is 0. The van der Waals surface area contributed by atoms with E-state index in [4.69, 9.17) is 4.74 Å². The molecule has 0 radical (unpaired) electrons. The molecular weight excluding hydrogens is 412 g/mol. The highest BCUT2D eigenvalue weighted by Crippen LogP contribution is 2.36.